The Kier molecular flexibility index (Phi) is 3.25. The Balaban J connectivity index is 1.48. The average Bonchev–Trinajstić information content (AvgIpc) is 3.10. The van der Waals surface area contributed by atoms with Crippen molar-refractivity contribution in [1.82, 2.24) is 10.2 Å². The summed E-state index contributed by atoms with van der Waals surface area (Å²) in [6.07, 6.45) is 7.14. The summed E-state index contributed by atoms with van der Waals surface area (Å²) >= 11 is 0. The Morgan fingerprint density at radius 1 is 1.33 bits per heavy atom. The molecule has 2 bridgehead atoms. The van der Waals surface area contributed by atoms with Crippen molar-refractivity contribution in [1.29, 1.82) is 5.26 Å². The lowest BCUT2D eigenvalue weighted by Gasteiger charge is -2.25. The smallest absolute Gasteiger partial charge is 0.237 e. The van der Waals surface area contributed by atoms with E-state index in [2.05, 4.69) is 11.4 Å². The quantitative estimate of drug-likeness (QED) is 0.817. The summed E-state index contributed by atoms with van der Waals surface area (Å²) in [6, 6.07) is 2.60. The van der Waals surface area contributed by atoms with E-state index in [1.54, 1.807) is 4.90 Å². The van der Waals surface area contributed by atoms with E-state index in [1.807, 2.05) is 0 Å². The van der Waals surface area contributed by atoms with Crippen molar-refractivity contribution in [2.75, 3.05) is 13.1 Å². The van der Waals surface area contributed by atoms with Gasteiger partial charge in [-0.15, -0.1) is 0 Å². The fourth-order valence-electron chi connectivity index (χ4n) is 4.01. The molecule has 98 valence electrons. The molecular formula is C14H21N3O. The number of hydrogen-bond acceptors (Lipinski definition) is 3. The molecule has 3 aliphatic rings. The van der Waals surface area contributed by atoms with Gasteiger partial charge in [0.25, 0.3) is 0 Å². The van der Waals surface area contributed by atoms with Gasteiger partial charge < -0.3 is 10.2 Å². The van der Waals surface area contributed by atoms with Crippen molar-refractivity contribution in [2.24, 2.45) is 11.8 Å². The Bertz CT molecular complexity index is 376. The van der Waals surface area contributed by atoms with E-state index in [0.717, 1.165) is 31.2 Å². The summed E-state index contributed by atoms with van der Waals surface area (Å²) in [5.41, 5.74) is 0. The Morgan fingerprint density at radius 3 is 2.89 bits per heavy atom. The van der Waals surface area contributed by atoms with Crippen molar-refractivity contribution >= 4 is 5.91 Å². The molecule has 1 unspecified atom stereocenters. The maximum atomic E-state index is 12.1. The largest absolute Gasteiger partial charge is 0.326 e. The maximum absolute atomic E-state index is 12.1. The molecule has 18 heavy (non-hydrogen) atoms. The summed E-state index contributed by atoms with van der Waals surface area (Å²) in [4.78, 5) is 13.8. The fourth-order valence-corrected chi connectivity index (χ4v) is 4.01. The zero-order chi connectivity index (χ0) is 12.5. The predicted octanol–water partition coefficient (Wildman–Crippen LogP) is 1.28. The van der Waals surface area contributed by atoms with E-state index in [-0.39, 0.29) is 11.9 Å². The molecule has 0 spiro atoms. The zero-order valence-corrected chi connectivity index (χ0v) is 10.8. The minimum absolute atomic E-state index is 0.113. The number of hydrogen-bond donors (Lipinski definition) is 1. The van der Waals surface area contributed by atoms with E-state index < -0.39 is 0 Å². The topological polar surface area (TPSA) is 56.1 Å². The number of amides is 1. The Morgan fingerprint density at radius 2 is 2.22 bits per heavy atom. The van der Waals surface area contributed by atoms with Gasteiger partial charge in [-0.05, 0) is 43.9 Å². The number of nitrogens with one attached hydrogen (secondary N) is 1. The number of carbonyl (C=O) groups excluding carboxylic acids is 1. The van der Waals surface area contributed by atoms with Gasteiger partial charge in [-0.2, -0.15) is 5.26 Å². The molecule has 3 rings (SSSR count). The minimum atomic E-state index is -0.181. The van der Waals surface area contributed by atoms with Crippen molar-refractivity contribution < 1.29 is 4.79 Å². The molecule has 2 saturated carbocycles. The highest BCUT2D eigenvalue weighted by atomic mass is 16.2. The number of likely N-dealkylation sites (tertiary alicyclic amines) is 1. The molecule has 4 heteroatoms. The number of rotatable bonds is 3. The summed E-state index contributed by atoms with van der Waals surface area (Å²) in [5, 5.41) is 12.4. The lowest BCUT2D eigenvalue weighted by atomic mass is 9.95. The van der Waals surface area contributed by atoms with Gasteiger partial charge in [0.2, 0.25) is 5.91 Å². The van der Waals surface area contributed by atoms with Crippen LogP contribution in [0.15, 0.2) is 0 Å². The summed E-state index contributed by atoms with van der Waals surface area (Å²) in [6.45, 7) is 1.18. The van der Waals surface area contributed by atoms with Gasteiger partial charge in [0.15, 0.2) is 0 Å². The molecule has 0 aromatic rings. The fraction of sp³-hybridized carbons (Fsp3) is 0.857. The lowest BCUT2D eigenvalue weighted by molar-refractivity contribution is -0.130. The Hall–Kier alpha value is -1.08. The van der Waals surface area contributed by atoms with Crippen LogP contribution in [0.25, 0.3) is 0 Å². The van der Waals surface area contributed by atoms with Crippen molar-refractivity contribution in [3.63, 3.8) is 0 Å². The second-order valence-corrected chi connectivity index (χ2v) is 6.04. The maximum Gasteiger partial charge on any atom is 0.237 e. The molecule has 3 fully saturated rings. The molecule has 1 N–H and O–H groups in total. The summed E-state index contributed by atoms with van der Waals surface area (Å²) in [7, 11) is 0. The van der Waals surface area contributed by atoms with E-state index >= 15 is 0 Å². The summed E-state index contributed by atoms with van der Waals surface area (Å²) in [5.74, 6) is 1.82. The van der Waals surface area contributed by atoms with Crippen LogP contribution in [0.2, 0.25) is 0 Å². The van der Waals surface area contributed by atoms with Crippen molar-refractivity contribution in [2.45, 2.75) is 50.6 Å². The highest BCUT2D eigenvalue weighted by Gasteiger charge is 2.39. The van der Waals surface area contributed by atoms with Gasteiger partial charge in [0.05, 0.1) is 12.6 Å². The summed E-state index contributed by atoms with van der Waals surface area (Å²) < 4.78 is 0. The molecular weight excluding hydrogens is 226 g/mol. The van der Waals surface area contributed by atoms with Crippen LogP contribution in [0, 0.1) is 23.2 Å². The second-order valence-electron chi connectivity index (χ2n) is 6.04. The number of nitrogens with zero attached hydrogens (tertiary/aromatic N) is 2. The van der Waals surface area contributed by atoms with Crippen LogP contribution in [0.1, 0.15) is 38.5 Å². The van der Waals surface area contributed by atoms with Crippen LogP contribution in [-0.4, -0.2) is 36.0 Å². The molecule has 0 radical (unpaired) electrons. The predicted molar refractivity (Wildman–Crippen MR) is 67.6 cm³/mol. The highest BCUT2D eigenvalue weighted by Crippen LogP contribution is 2.44. The van der Waals surface area contributed by atoms with Crippen LogP contribution in [0.4, 0.5) is 0 Å². The monoisotopic (exact) mass is 247 g/mol. The van der Waals surface area contributed by atoms with Gasteiger partial charge >= 0.3 is 0 Å². The number of carbonyl (C=O) groups is 1. The van der Waals surface area contributed by atoms with Gasteiger partial charge in [0, 0.05) is 12.6 Å². The van der Waals surface area contributed by atoms with E-state index in [4.69, 9.17) is 5.26 Å². The second kappa shape index (κ2) is 4.89. The molecule has 0 aromatic heterocycles. The highest BCUT2D eigenvalue weighted by molar-refractivity contribution is 5.79. The first kappa shape index (κ1) is 12.0. The van der Waals surface area contributed by atoms with Gasteiger partial charge in [-0.3, -0.25) is 4.79 Å². The van der Waals surface area contributed by atoms with E-state index in [1.165, 1.54) is 25.7 Å². The average molecular weight is 247 g/mol. The normalized spacial score (nSPS) is 38.1. The molecule has 1 aliphatic heterocycles. The van der Waals surface area contributed by atoms with Crippen LogP contribution in [0.5, 0.6) is 0 Å². The van der Waals surface area contributed by atoms with Crippen LogP contribution < -0.4 is 5.32 Å². The molecule has 1 amide bonds. The van der Waals surface area contributed by atoms with Crippen molar-refractivity contribution in [3.8, 4) is 6.07 Å². The van der Waals surface area contributed by atoms with Gasteiger partial charge in [0.1, 0.15) is 6.04 Å². The minimum Gasteiger partial charge on any atom is -0.326 e. The number of nitriles is 1. The van der Waals surface area contributed by atoms with Crippen LogP contribution in [-0.2, 0) is 4.79 Å². The molecule has 2 aliphatic carbocycles. The molecule has 4 atom stereocenters. The molecule has 4 nitrogen and oxygen atoms in total. The molecule has 1 saturated heterocycles. The van der Waals surface area contributed by atoms with Gasteiger partial charge in [-0.25, -0.2) is 0 Å². The number of fused-ring (bicyclic) bond motifs is 2. The first-order chi connectivity index (χ1) is 8.78. The first-order valence-corrected chi connectivity index (χ1v) is 7.20. The third-order valence-corrected chi connectivity index (χ3v) is 4.98. The Labute approximate surface area is 108 Å². The third-order valence-electron chi connectivity index (χ3n) is 4.98. The molecule has 0 aromatic carbocycles. The van der Waals surface area contributed by atoms with Gasteiger partial charge in [-0.1, -0.05) is 6.42 Å². The zero-order valence-electron chi connectivity index (χ0n) is 10.8. The lowest BCUT2D eigenvalue weighted by Crippen LogP contribution is -2.44. The standard InChI is InChI=1S/C14H21N3O/c15-8-12-2-1-5-17(12)14(18)9-16-13-7-10-3-4-11(13)6-10/h10-13,16H,1-7,9H2/t10?,11-,12-,13+/m1/s1. The van der Waals surface area contributed by atoms with E-state index in [0.29, 0.717) is 12.6 Å². The first-order valence-electron chi connectivity index (χ1n) is 7.20. The van der Waals surface area contributed by atoms with Crippen LogP contribution in [0.3, 0.4) is 0 Å². The van der Waals surface area contributed by atoms with E-state index in [9.17, 15) is 4.79 Å². The SMILES string of the molecule is N#C[C@H]1CCCN1C(=O)CN[C@H]1CC2CC[C@@H]1C2. The molecule has 1 heterocycles. The third kappa shape index (κ3) is 2.12. The van der Waals surface area contributed by atoms with Crippen molar-refractivity contribution in [3.05, 3.63) is 0 Å². The van der Waals surface area contributed by atoms with Crippen LogP contribution >= 0.6 is 0 Å².